The highest BCUT2D eigenvalue weighted by Gasteiger charge is 2.12. The fraction of sp³-hybridized carbons (Fsp3) is 0.0909. The first kappa shape index (κ1) is 10.2. The molecule has 1 unspecified atom stereocenters. The molecule has 0 amide bonds. The van der Waals surface area contributed by atoms with E-state index in [1.165, 1.54) is 12.1 Å². The van der Waals surface area contributed by atoms with Gasteiger partial charge in [-0.15, -0.1) is 0 Å². The number of H-pyrrole nitrogens is 1. The zero-order valence-electron chi connectivity index (χ0n) is 7.74. The SMILES string of the molecule is OC(c1ccc(Cl)c(F)c1)c1ccc[nH]1. The van der Waals surface area contributed by atoms with Gasteiger partial charge in [0.15, 0.2) is 0 Å². The van der Waals surface area contributed by atoms with Crippen LogP contribution in [-0.2, 0) is 0 Å². The lowest BCUT2D eigenvalue weighted by Crippen LogP contribution is -2.00. The van der Waals surface area contributed by atoms with Crippen LogP contribution in [0.25, 0.3) is 0 Å². The van der Waals surface area contributed by atoms with Crippen molar-refractivity contribution < 1.29 is 9.50 Å². The largest absolute Gasteiger partial charge is 0.382 e. The van der Waals surface area contributed by atoms with Gasteiger partial charge in [0.25, 0.3) is 0 Å². The number of aliphatic hydroxyl groups excluding tert-OH is 1. The van der Waals surface area contributed by atoms with Crippen LogP contribution in [0.5, 0.6) is 0 Å². The first-order valence-corrected chi connectivity index (χ1v) is 4.82. The second-order valence-electron chi connectivity index (χ2n) is 3.20. The van der Waals surface area contributed by atoms with E-state index in [0.29, 0.717) is 11.3 Å². The van der Waals surface area contributed by atoms with Crippen LogP contribution in [0, 0.1) is 5.82 Å². The maximum atomic E-state index is 13.1. The monoisotopic (exact) mass is 225 g/mol. The minimum absolute atomic E-state index is 0.0532. The van der Waals surface area contributed by atoms with E-state index in [1.54, 1.807) is 24.4 Å². The average Bonchev–Trinajstić information content (AvgIpc) is 2.74. The number of aromatic amines is 1. The van der Waals surface area contributed by atoms with E-state index in [-0.39, 0.29) is 5.02 Å². The number of halogens is 2. The van der Waals surface area contributed by atoms with Gasteiger partial charge >= 0.3 is 0 Å². The van der Waals surface area contributed by atoms with Crippen LogP contribution in [-0.4, -0.2) is 10.1 Å². The zero-order chi connectivity index (χ0) is 10.8. The third-order valence-corrected chi connectivity index (χ3v) is 2.48. The molecule has 0 spiro atoms. The Kier molecular flexibility index (Phi) is 2.75. The molecule has 2 aromatic rings. The van der Waals surface area contributed by atoms with Gasteiger partial charge in [0, 0.05) is 11.9 Å². The van der Waals surface area contributed by atoms with Crippen molar-refractivity contribution in [3.05, 3.63) is 58.6 Å². The molecule has 4 heteroatoms. The number of hydrogen-bond donors (Lipinski definition) is 2. The van der Waals surface area contributed by atoms with E-state index < -0.39 is 11.9 Å². The van der Waals surface area contributed by atoms with Crippen LogP contribution in [0.4, 0.5) is 4.39 Å². The molecule has 0 saturated carbocycles. The topological polar surface area (TPSA) is 36.0 Å². The normalized spacial score (nSPS) is 12.7. The highest BCUT2D eigenvalue weighted by Crippen LogP contribution is 2.24. The van der Waals surface area contributed by atoms with E-state index in [9.17, 15) is 9.50 Å². The molecule has 0 saturated heterocycles. The lowest BCUT2D eigenvalue weighted by Gasteiger charge is -2.09. The van der Waals surface area contributed by atoms with Crippen molar-refractivity contribution in [2.75, 3.05) is 0 Å². The van der Waals surface area contributed by atoms with Crippen molar-refractivity contribution in [2.24, 2.45) is 0 Å². The molecule has 1 heterocycles. The van der Waals surface area contributed by atoms with E-state index in [1.807, 2.05) is 0 Å². The lowest BCUT2D eigenvalue weighted by molar-refractivity contribution is 0.215. The Morgan fingerprint density at radius 3 is 2.73 bits per heavy atom. The van der Waals surface area contributed by atoms with Crippen LogP contribution in [0.15, 0.2) is 36.5 Å². The summed E-state index contributed by atoms with van der Waals surface area (Å²) in [6.07, 6.45) is 0.844. The van der Waals surface area contributed by atoms with Gasteiger partial charge in [0.2, 0.25) is 0 Å². The molecule has 2 N–H and O–H groups in total. The maximum Gasteiger partial charge on any atom is 0.142 e. The molecule has 1 aromatic carbocycles. The predicted octanol–water partition coefficient (Wildman–Crippen LogP) is 2.89. The highest BCUT2D eigenvalue weighted by atomic mass is 35.5. The van der Waals surface area contributed by atoms with Gasteiger partial charge in [-0.1, -0.05) is 17.7 Å². The summed E-state index contributed by atoms with van der Waals surface area (Å²) in [6, 6.07) is 7.76. The Balaban J connectivity index is 2.34. The van der Waals surface area contributed by atoms with Crippen LogP contribution in [0.3, 0.4) is 0 Å². The molecular formula is C11H9ClFNO. The second-order valence-corrected chi connectivity index (χ2v) is 3.61. The molecule has 78 valence electrons. The van der Waals surface area contributed by atoms with Gasteiger partial charge in [-0.25, -0.2) is 4.39 Å². The maximum absolute atomic E-state index is 13.1. The fourth-order valence-corrected chi connectivity index (χ4v) is 1.49. The van der Waals surface area contributed by atoms with Gasteiger partial charge in [-0.2, -0.15) is 0 Å². The first-order valence-electron chi connectivity index (χ1n) is 4.45. The van der Waals surface area contributed by atoms with Crippen molar-refractivity contribution in [2.45, 2.75) is 6.10 Å². The summed E-state index contributed by atoms with van der Waals surface area (Å²) >= 11 is 5.55. The highest BCUT2D eigenvalue weighted by molar-refractivity contribution is 6.30. The van der Waals surface area contributed by atoms with Gasteiger partial charge in [0.05, 0.1) is 5.02 Å². The molecule has 0 aliphatic carbocycles. The third kappa shape index (κ3) is 2.03. The molecule has 2 nitrogen and oxygen atoms in total. The lowest BCUT2D eigenvalue weighted by atomic mass is 10.1. The van der Waals surface area contributed by atoms with Gasteiger partial charge in [-0.05, 0) is 29.8 Å². The van der Waals surface area contributed by atoms with E-state index in [0.717, 1.165) is 0 Å². The molecule has 0 radical (unpaired) electrons. The number of rotatable bonds is 2. The minimum atomic E-state index is -0.855. The Bertz CT molecular complexity index is 456. The van der Waals surface area contributed by atoms with Crippen molar-refractivity contribution >= 4 is 11.6 Å². The summed E-state index contributed by atoms with van der Waals surface area (Å²) < 4.78 is 13.1. The fourth-order valence-electron chi connectivity index (χ4n) is 1.38. The number of hydrogen-bond acceptors (Lipinski definition) is 1. The van der Waals surface area contributed by atoms with Crippen molar-refractivity contribution in [3.63, 3.8) is 0 Å². The Hall–Kier alpha value is -1.32. The smallest absolute Gasteiger partial charge is 0.142 e. The van der Waals surface area contributed by atoms with Gasteiger partial charge in [-0.3, -0.25) is 0 Å². The van der Waals surface area contributed by atoms with E-state index in [2.05, 4.69) is 4.98 Å². The Morgan fingerprint density at radius 2 is 2.13 bits per heavy atom. The molecule has 0 fully saturated rings. The summed E-state index contributed by atoms with van der Waals surface area (Å²) in [4.78, 5) is 2.86. The standard InChI is InChI=1S/C11H9ClFNO/c12-8-4-3-7(6-9(8)13)11(15)10-2-1-5-14-10/h1-6,11,14-15H. The van der Waals surface area contributed by atoms with Gasteiger partial charge in [0.1, 0.15) is 11.9 Å². The number of aromatic nitrogens is 1. The number of benzene rings is 1. The van der Waals surface area contributed by atoms with Crippen LogP contribution >= 0.6 is 11.6 Å². The summed E-state index contributed by atoms with van der Waals surface area (Å²) in [5.41, 5.74) is 1.09. The number of nitrogens with one attached hydrogen (secondary N) is 1. The first-order chi connectivity index (χ1) is 7.18. The molecule has 15 heavy (non-hydrogen) atoms. The van der Waals surface area contributed by atoms with E-state index >= 15 is 0 Å². The van der Waals surface area contributed by atoms with Gasteiger partial charge < -0.3 is 10.1 Å². The number of aliphatic hydroxyl groups is 1. The van der Waals surface area contributed by atoms with Crippen LogP contribution in [0.2, 0.25) is 5.02 Å². The molecule has 1 aromatic heterocycles. The average molecular weight is 226 g/mol. The zero-order valence-corrected chi connectivity index (χ0v) is 8.50. The molecular weight excluding hydrogens is 217 g/mol. The second kappa shape index (κ2) is 4.04. The van der Waals surface area contributed by atoms with Crippen molar-refractivity contribution in [1.82, 2.24) is 4.98 Å². The Morgan fingerprint density at radius 1 is 1.33 bits per heavy atom. The summed E-state index contributed by atoms with van der Waals surface area (Å²) in [5, 5.41) is 9.91. The van der Waals surface area contributed by atoms with Crippen LogP contribution < -0.4 is 0 Å². The minimum Gasteiger partial charge on any atom is -0.382 e. The summed E-state index contributed by atoms with van der Waals surface area (Å²) in [5.74, 6) is -0.528. The van der Waals surface area contributed by atoms with Crippen molar-refractivity contribution in [1.29, 1.82) is 0 Å². The molecule has 0 aliphatic rings. The summed E-state index contributed by atoms with van der Waals surface area (Å²) in [7, 11) is 0. The summed E-state index contributed by atoms with van der Waals surface area (Å²) in [6.45, 7) is 0. The quantitative estimate of drug-likeness (QED) is 0.810. The molecule has 1 atom stereocenters. The predicted molar refractivity (Wildman–Crippen MR) is 56.3 cm³/mol. The molecule has 0 aliphatic heterocycles. The van der Waals surface area contributed by atoms with E-state index in [4.69, 9.17) is 11.6 Å². The third-order valence-electron chi connectivity index (χ3n) is 2.18. The molecule has 2 rings (SSSR count). The molecule has 0 bridgehead atoms. The van der Waals surface area contributed by atoms with Crippen molar-refractivity contribution in [3.8, 4) is 0 Å². The van der Waals surface area contributed by atoms with Crippen LogP contribution in [0.1, 0.15) is 17.4 Å². The Labute approximate surface area is 91.3 Å².